The van der Waals surface area contributed by atoms with Crippen LogP contribution in [0.1, 0.15) is 35.3 Å². The minimum absolute atomic E-state index is 0.0473. The Hall–Kier alpha value is -3.32. The maximum Gasteiger partial charge on any atom is 0.267 e. The summed E-state index contributed by atoms with van der Waals surface area (Å²) in [6.07, 6.45) is 2.09. The third-order valence-corrected chi connectivity index (χ3v) is 7.10. The molecule has 1 aliphatic rings. The standard InChI is InChI=1S/C27H35N5O2/c1-30(2)22-11-10-20-18-24(29-23(20)19-22)26(34)28-15-12-25(33)32-16-13-27(14-17-32,31(3)4)21-8-6-5-7-9-21/h5-11,18-19,29H,12-17H2,1-4H3,(H,28,34). The number of carbonyl (C=O) groups is 2. The average molecular weight is 462 g/mol. The smallest absolute Gasteiger partial charge is 0.267 e. The summed E-state index contributed by atoms with van der Waals surface area (Å²) in [6, 6.07) is 18.5. The van der Waals surface area contributed by atoms with Crippen molar-refractivity contribution in [3.63, 3.8) is 0 Å². The third-order valence-electron chi connectivity index (χ3n) is 7.10. The molecule has 2 aromatic carbocycles. The number of nitrogens with one attached hydrogen (secondary N) is 2. The maximum absolute atomic E-state index is 12.8. The number of piperidine rings is 1. The minimum atomic E-state index is -0.190. The van der Waals surface area contributed by atoms with Crippen LogP contribution >= 0.6 is 0 Å². The number of hydrogen-bond donors (Lipinski definition) is 2. The van der Waals surface area contributed by atoms with Gasteiger partial charge in [0.2, 0.25) is 5.91 Å². The van der Waals surface area contributed by atoms with Crippen molar-refractivity contribution < 1.29 is 9.59 Å². The number of likely N-dealkylation sites (tertiary alicyclic amines) is 1. The fourth-order valence-electron chi connectivity index (χ4n) is 4.92. The number of aromatic amines is 1. The molecule has 2 N–H and O–H groups in total. The van der Waals surface area contributed by atoms with Crippen molar-refractivity contribution in [1.29, 1.82) is 0 Å². The van der Waals surface area contributed by atoms with Crippen molar-refractivity contribution in [2.24, 2.45) is 0 Å². The quantitative estimate of drug-likeness (QED) is 0.566. The lowest BCUT2D eigenvalue weighted by molar-refractivity contribution is -0.133. The second kappa shape index (κ2) is 9.89. The van der Waals surface area contributed by atoms with E-state index in [1.165, 1.54) is 5.56 Å². The number of H-pyrrole nitrogens is 1. The van der Waals surface area contributed by atoms with Gasteiger partial charge in [-0.25, -0.2) is 0 Å². The van der Waals surface area contributed by atoms with Crippen LogP contribution in [0.3, 0.4) is 0 Å². The number of amides is 2. The summed E-state index contributed by atoms with van der Waals surface area (Å²) in [4.78, 5) is 34.9. The van der Waals surface area contributed by atoms with Crippen LogP contribution in [0.5, 0.6) is 0 Å². The highest BCUT2D eigenvalue weighted by molar-refractivity contribution is 5.98. The second-order valence-electron chi connectivity index (χ2n) is 9.53. The van der Waals surface area contributed by atoms with Gasteiger partial charge in [-0.15, -0.1) is 0 Å². The van der Waals surface area contributed by atoms with Gasteiger partial charge in [0, 0.05) is 62.3 Å². The van der Waals surface area contributed by atoms with E-state index in [-0.39, 0.29) is 17.4 Å². The Morgan fingerprint density at radius 1 is 1.00 bits per heavy atom. The van der Waals surface area contributed by atoms with E-state index in [0.29, 0.717) is 18.7 Å². The largest absolute Gasteiger partial charge is 0.378 e. The van der Waals surface area contributed by atoms with Gasteiger partial charge in [-0.05, 0) is 50.7 Å². The van der Waals surface area contributed by atoms with Crippen LogP contribution < -0.4 is 10.2 Å². The van der Waals surface area contributed by atoms with E-state index in [1.807, 2.05) is 54.2 Å². The number of hydrogen-bond acceptors (Lipinski definition) is 4. The molecule has 0 unspecified atom stereocenters. The molecular weight excluding hydrogens is 426 g/mol. The number of rotatable bonds is 7. The summed E-state index contributed by atoms with van der Waals surface area (Å²) < 4.78 is 0. The average Bonchev–Trinajstić information content (AvgIpc) is 3.28. The van der Waals surface area contributed by atoms with E-state index in [0.717, 1.165) is 42.5 Å². The number of benzene rings is 2. The fourth-order valence-corrected chi connectivity index (χ4v) is 4.92. The van der Waals surface area contributed by atoms with Crippen LogP contribution in [-0.4, -0.2) is 74.4 Å². The van der Waals surface area contributed by atoms with Gasteiger partial charge in [-0.1, -0.05) is 36.4 Å². The Labute approximate surface area is 201 Å². The molecule has 2 heterocycles. The summed E-state index contributed by atoms with van der Waals surface area (Å²) in [5.41, 5.74) is 3.75. The van der Waals surface area contributed by atoms with E-state index >= 15 is 0 Å². The lowest BCUT2D eigenvalue weighted by Crippen LogP contribution is -2.52. The summed E-state index contributed by atoms with van der Waals surface area (Å²) >= 11 is 0. The van der Waals surface area contributed by atoms with Crippen molar-refractivity contribution in [2.45, 2.75) is 24.8 Å². The highest BCUT2D eigenvalue weighted by atomic mass is 16.2. The monoisotopic (exact) mass is 461 g/mol. The Bertz CT molecular complexity index is 1140. The van der Waals surface area contributed by atoms with Crippen molar-refractivity contribution in [2.75, 3.05) is 52.7 Å². The van der Waals surface area contributed by atoms with E-state index in [1.54, 1.807) is 0 Å². The first kappa shape index (κ1) is 23.8. The summed E-state index contributed by atoms with van der Waals surface area (Å²) in [5, 5.41) is 3.88. The van der Waals surface area contributed by atoms with Crippen LogP contribution in [-0.2, 0) is 10.3 Å². The number of anilines is 1. The second-order valence-corrected chi connectivity index (χ2v) is 9.53. The van der Waals surface area contributed by atoms with E-state index < -0.39 is 0 Å². The van der Waals surface area contributed by atoms with Gasteiger partial charge in [-0.3, -0.25) is 14.5 Å². The van der Waals surface area contributed by atoms with E-state index in [4.69, 9.17) is 0 Å². The Morgan fingerprint density at radius 3 is 2.35 bits per heavy atom. The molecule has 1 aliphatic heterocycles. The van der Waals surface area contributed by atoms with Crippen LogP contribution in [0, 0.1) is 0 Å². The van der Waals surface area contributed by atoms with Gasteiger partial charge in [0.25, 0.3) is 5.91 Å². The summed E-state index contributed by atoms with van der Waals surface area (Å²) in [7, 11) is 8.20. The van der Waals surface area contributed by atoms with Gasteiger partial charge in [0.15, 0.2) is 0 Å². The number of fused-ring (bicyclic) bond motifs is 1. The highest BCUT2D eigenvalue weighted by Gasteiger charge is 2.39. The molecule has 1 aromatic heterocycles. The number of nitrogens with zero attached hydrogens (tertiary/aromatic N) is 3. The molecule has 180 valence electrons. The fraction of sp³-hybridized carbons (Fsp3) is 0.407. The SMILES string of the molecule is CN(C)c1ccc2cc(C(=O)NCCC(=O)N3CCC(c4ccccc4)(N(C)C)CC3)[nH]c2c1. The van der Waals surface area contributed by atoms with Crippen molar-refractivity contribution in [3.05, 3.63) is 65.9 Å². The Balaban J connectivity index is 1.30. The molecule has 0 atom stereocenters. The van der Waals surface area contributed by atoms with Gasteiger partial charge in [0.1, 0.15) is 5.69 Å². The molecule has 1 fully saturated rings. The van der Waals surface area contributed by atoms with Crippen LogP contribution in [0.15, 0.2) is 54.6 Å². The topological polar surface area (TPSA) is 71.7 Å². The number of aromatic nitrogens is 1. The zero-order valence-corrected chi connectivity index (χ0v) is 20.6. The number of carbonyl (C=O) groups excluding carboxylic acids is 2. The molecule has 3 aromatic rings. The normalized spacial score (nSPS) is 15.5. The molecule has 7 heteroatoms. The highest BCUT2D eigenvalue weighted by Crippen LogP contribution is 2.37. The van der Waals surface area contributed by atoms with E-state index in [2.05, 4.69) is 53.6 Å². The molecule has 0 bridgehead atoms. The van der Waals surface area contributed by atoms with Gasteiger partial charge in [0.05, 0.1) is 0 Å². The molecule has 4 rings (SSSR count). The van der Waals surface area contributed by atoms with Gasteiger partial charge >= 0.3 is 0 Å². The first-order valence-electron chi connectivity index (χ1n) is 11.9. The van der Waals surface area contributed by atoms with Gasteiger partial charge in [-0.2, -0.15) is 0 Å². The van der Waals surface area contributed by atoms with Crippen LogP contribution in [0.4, 0.5) is 5.69 Å². The Morgan fingerprint density at radius 2 is 1.71 bits per heavy atom. The minimum Gasteiger partial charge on any atom is -0.378 e. The third kappa shape index (κ3) is 4.80. The van der Waals surface area contributed by atoms with Crippen molar-refractivity contribution >= 4 is 28.4 Å². The molecule has 0 saturated carbocycles. The molecular formula is C27H35N5O2. The van der Waals surface area contributed by atoms with Crippen LogP contribution in [0.2, 0.25) is 0 Å². The molecule has 0 spiro atoms. The molecule has 1 saturated heterocycles. The summed E-state index contributed by atoms with van der Waals surface area (Å²) in [6.45, 7) is 1.76. The lowest BCUT2D eigenvalue weighted by Gasteiger charge is -2.46. The molecule has 34 heavy (non-hydrogen) atoms. The first-order chi connectivity index (χ1) is 16.3. The lowest BCUT2D eigenvalue weighted by atomic mass is 9.79. The predicted molar refractivity (Wildman–Crippen MR) is 137 cm³/mol. The summed E-state index contributed by atoms with van der Waals surface area (Å²) in [5.74, 6) is -0.0993. The molecule has 2 amide bonds. The zero-order chi connectivity index (χ0) is 24.3. The first-order valence-corrected chi connectivity index (χ1v) is 11.9. The zero-order valence-electron chi connectivity index (χ0n) is 20.6. The van der Waals surface area contributed by atoms with Gasteiger partial charge < -0.3 is 20.1 Å². The molecule has 0 radical (unpaired) electrons. The van der Waals surface area contributed by atoms with Crippen molar-refractivity contribution in [3.8, 4) is 0 Å². The Kier molecular flexibility index (Phi) is 6.93. The van der Waals surface area contributed by atoms with Crippen molar-refractivity contribution in [1.82, 2.24) is 20.1 Å². The maximum atomic E-state index is 12.8. The van der Waals surface area contributed by atoms with Crippen LogP contribution in [0.25, 0.3) is 10.9 Å². The molecule has 7 nitrogen and oxygen atoms in total. The van der Waals surface area contributed by atoms with E-state index in [9.17, 15) is 9.59 Å². The molecule has 0 aliphatic carbocycles. The predicted octanol–water partition coefficient (Wildman–Crippen LogP) is 3.43.